The van der Waals surface area contributed by atoms with Crippen molar-refractivity contribution < 1.29 is 58.9 Å². The molecule has 2 fully saturated rings. The van der Waals surface area contributed by atoms with E-state index in [4.69, 9.17) is 4.74 Å². The number of aliphatic hydroxyl groups is 1. The first kappa shape index (κ1) is 17.8. The van der Waals surface area contributed by atoms with Crippen LogP contribution < -0.4 is 34.7 Å². The van der Waals surface area contributed by atoms with Crippen LogP contribution in [0.2, 0.25) is 0 Å². The van der Waals surface area contributed by atoms with Gasteiger partial charge in [-0.05, 0) is 6.92 Å². The van der Waals surface area contributed by atoms with E-state index in [-0.39, 0.29) is 48.6 Å². The maximum absolute atomic E-state index is 11.8. The Labute approximate surface area is 142 Å². The van der Waals surface area contributed by atoms with Crippen LogP contribution in [0.4, 0.5) is 0 Å². The predicted octanol–water partition coefficient (Wildman–Crippen LogP) is -5.05. The predicted molar refractivity (Wildman–Crippen MR) is 62.6 cm³/mol. The van der Waals surface area contributed by atoms with Crippen LogP contribution >= 0.6 is 11.8 Å². The van der Waals surface area contributed by atoms with E-state index in [9.17, 15) is 24.6 Å². The van der Waals surface area contributed by atoms with Crippen LogP contribution in [0.3, 0.4) is 0 Å². The number of esters is 1. The zero-order chi connectivity index (χ0) is 14.4. The molecule has 2 aliphatic heterocycles. The summed E-state index contributed by atoms with van der Waals surface area (Å²) >= 11 is 1.00. The minimum absolute atomic E-state index is 0. The number of carbonyl (C=O) groups is 3. The van der Waals surface area contributed by atoms with E-state index < -0.39 is 34.1 Å². The third kappa shape index (κ3) is 2.85. The van der Waals surface area contributed by atoms with Gasteiger partial charge in [0, 0.05) is 13.5 Å². The third-order valence-corrected chi connectivity index (χ3v) is 5.01. The van der Waals surface area contributed by atoms with Gasteiger partial charge in [-0.2, -0.15) is 0 Å². The first-order chi connectivity index (χ1) is 8.78. The van der Waals surface area contributed by atoms with E-state index in [0.29, 0.717) is 0 Å². The van der Waals surface area contributed by atoms with Crippen molar-refractivity contribution in [2.75, 3.05) is 13.2 Å². The number of ether oxygens (including phenoxy) is 1. The monoisotopic (exact) mass is 311 g/mol. The molecule has 9 heteroatoms. The van der Waals surface area contributed by atoms with Gasteiger partial charge in [0.25, 0.3) is 0 Å². The molecule has 20 heavy (non-hydrogen) atoms. The Hall–Kier alpha value is -0.280. The summed E-state index contributed by atoms with van der Waals surface area (Å²) in [5, 5.41) is 20.4. The maximum atomic E-state index is 11.8. The van der Waals surface area contributed by atoms with E-state index in [0.717, 1.165) is 11.8 Å². The van der Waals surface area contributed by atoms with Crippen LogP contribution in [-0.4, -0.2) is 57.2 Å². The fourth-order valence-corrected chi connectivity index (χ4v) is 4.01. The van der Waals surface area contributed by atoms with E-state index in [1.165, 1.54) is 18.7 Å². The van der Waals surface area contributed by atoms with Crippen LogP contribution in [0.25, 0.3) is 0 Å². The van der Waals surface area contributed by atoms with Gasteiger partial charge in [0.1, 0.15) is 11.4 Å². The molecule has 1 N–H and O–H groups in total. The molecule has 3 unspecified atom stereocenters. The first-order valence-electron chi connectivity index (χ1n) is 5.80. The summed E-state index contributed by atoms with van der Waals surface area (Å²) in [5.74, 6) is -2.85. The van der Waals surface area contributed by atoms with Crippen LogP contribution in [0.5, 0.6) is 0 Å². The molecular formula is C11H14NNaO6S. The number of rotatable bonds is 4. The Kier molecular flexibility index (Phi) is 5.53. The largest absolute Gasteiger partial charge is 1.00 e. The number of carbonyl (C=O) groups excluding carboxylic acids is 3. The van der Waals surface area contributed by atoms with E-state index in [1.807, 2.05) is 0 Å². The standard InChI is InChI=1S/C11H15NO6S.Na/c1-5(13)7-8(15)12-3-11(10(16)17,19-9(7)12)4-18-6(2)14;/h5,7,9,13H,3-4H2,1-2H3,(H,16,17);/q;+1/p-1/t5?,7?,9-,11?;/m1./s1. The molecule has 7 nitrogen and oxygen atoms in total. The van der Waals surface area contributed by atoms with Crippen LogP contribution in [0.15, 0.2) is 0 Å². The number of aliphatic carboxylic acids is 1. The molecule has 0 aromatic rings. The third-order valence-electron chi connectivity index (χ3n) is 3.36. The molecule has 2 heterocycles. The number of fused-ring (bicyclic) bond motifs is 1. The van der Waals surface area contributed by atoms with Crippen molar-refractivity contribution >= 4 is 29.6 Å². The molecule has 4 atom stereocenters. The number of amides is 1. The van der Waals surface area contributed by atoms with Crippen molar-refractivity contribution in [1.82, 2.24) is 4.90 Å². The van der Waals surface area contributed by atoms with Crippen molar-refractivity contribution in [1.29, 1.82) is 0 Å². The number of aliphatic hydroxyl groups excluding tert-OH is 1. The number of hydrogen-bond acceptors (Lipinski definition) is 7. The van der Waals surface area contributed by atoms with Gasteiger partial charge >= 0.3 is 35.5 Å². The molecule has 2 aliphatic rings. The van der Waals surface area contributed by atoms with Crippen molar-refractivity contribution in [3.05, 3.63) is 0 Å². The average molecular weight is 311 g/mol. The van der Waals surface area contributed by atoms with Gasteiger partial charge in [0.05, 0.1) is 23.4 Å². The Bertz CT molecular complexity index is 445. The van der Waals surface area contributed by atoms with Gasteiger partial charge in [-0.3, -0.25) is 9.59 Å². The summed E-state index contributed by atoms with van der Waals surface area (Å²) in [4.78, 5) is 35.3. The molecular weight excluding hydrogens is 297 g/mol. The van der Waals surface area contributed by atoms with E-state index in [1.54, 1.807) is 0 Å². The van der Waals surface area contributed by atoms with E-state index >= 15 is 0 Å². The zero-order valence-electron chi connectivity index (χ0n) is 11.5. The molecule has 1 amide bonds. The van der Waals surface area contributed by atoms with Crippen LogP contribution in [-0.2, 0) is 19.1 Å². The molecule has 0 aromatic heterocycles. The van der Waals surface area contributed by atoms with Crippen LogP contribution in [0.1, 0.15) is 13.8 Å². The second-order valence-corrected chi connectivity index (χ2v) is 6.30. The average Bonchev–Trinajstić information content (AvgIpc) is 2.62. The van der Waals surface area contributed by atoms with Gasteiger partial charge in [0.15, 0.2) is 0 Å². The quantitative estimate of drug-likeness (QED) is 0.314. The first-order valence-corrected chi connectivity index (χ1v) is 6.67. The number of thioether (sulfide) groups is 1. The molecule has 2 saturated heterocycles. The Balaban J connectivity index is 0.00000200. The van der Waals surface area contributed by atoms with E-state index in [2.05, 4.69) is 0 Å². The Morgan fingerprint density at radius 1 is 1.65 bits per heavy atom. The molecule has 0 saturated carbocycles. The maximum Gasteiger partial charge on any atom is 1.00 e. The molecule has 106 valence electrons. The van der Waals surface area contributed by atoms with Gasteiger partial charge in [-0.1, -0.05) is 0 Å². The second-order valence-electron chi connectivity index (χ2n) is 4.80. The minimum atomic E-state index is -1.45. The van der Waals surface area contributed by atoms with Crippen LogP contribution in [0, 0.1) is 5.92 Å². The molecule has 0 radical (unpaired) electrons. The number of carboxylic acids is 1. The van der Waals surface area contributed by atoms with Gasteiger partial charge in [-0.15, -0.1) is 11.8 Å². The number of hydrogen-bond donors (Lipinski definition) is 1. The number of nitrogens with zero attached hydrogens (tertiary/aromatic N) is 1. The van der Waals surface area contributed by atoms with Gasteiger partial charge in [-0.25, -0.2) is 0 Å². The molecule has 2 rings (SSSR count). The summed E-state index contributed by atoms with van der Waals surface area (Å²) in [6.07, 6.45) is -0.840. The van der Waals surface area contributed by atoms with Crippen molar-refractivity contribution in [2.24, 2.45) is 5.92 Å². The second kappa shape index (κ2) is 6.23. The summed E-state index contributed by atoms with van der Waals surface area (Å²) in [7, 11) is 0. The fraction of sp³-hybridized carbons (Fsp3) is 0.727. The summed E-state index contributed by atoms with van der Waals surface area (Å²) in [6, 6.07) is 0. The molecule has 0 aromatic carbocycles. The van der Waals surface area contributed by atoms with Crippen molar-refractivity contribution in [3.8, 4) is 0 Å². The topological polar surface area (TPSA) is 107 Å². The fourth-order valence-electron chi connectivity index (χ4n) is 2.31. The molecule has 0 aliphatic carbocycles. The van der Waals surface area contributed by atoms with Crippen molar-refractivity contribution in [3.63, 3.8) is 0 Å². The normalized spacial score (nSPS) is 32.8. The smallest absolute Gasteiger partial charge is 0.548 e. The summed E-state index contributed by atoms with van der Waals surface area (Å²) < 4.78 is 3.32. The summed E-state index contributed by atoms with van der Waals surface area (Å²) in [6.45, 7) is 2.26. The molecule has 0 spiro atoms. The zero-order valence-corrected chi connectivity index (χ0v) is 14.3. The Morgan fingerprint density at radius 2 is 2.25 bits per heavy atom. The number of carboxylic acid groups (broad SMARTS) is 1. The van der Waals surface area contributed by atoms with Crippen molar-refractivity contribution in [2.45, 2.75) is 30.1 Å². The van der Waals surface area contributed by atoms with Gasteiger partial charge in [0.2, 0.25) is 5.91 Å². The summed E-state index contributed by atoms with van der Waals surface area (Å²) in [5.41, 5.74) is 0. The Morgan fingerprint density at radius 3 is 2.70 bits per heavy atom. The number of β-lactam (4-membered cyclic amide) rings is 1. The molecule has 0 bridgehead atoms. The minimum Gasteiger partial charge on any atom is -0.548 e. The SMILES string of the molecule is CC(=O)OCC1(C(=O)[O-])CN2C(=O)C(C(C)O)[C@H]2S1.[Na+]. The van der Waals surface area contributed by atoms with Gasteiger partial charge < -0.3 is 24.6 Å².